The Morgan fingerprint density at radius 2 is 1.89 bits per heavy atom. The van der Waals surface area contributed by atoms with Crippen molar-refractivity contribution in [3.05, 3.63) is 17.5 Å². The van der Waals surface area contributed by atoms with Gasteiger partial charge < -0.3 is 10.4 Å². The minimum absolute atomic E-state index is 0.178. The van der Waals surface area contributed by atoms with Gasteiger partial charge in [-0.1, -0.05) is 0 Å². The molecule has 1 aromatic heterocycles. The van der Waals surface area contributed by atoms with Crippen molar-refractivity contribution in [3.63, 3.8) is 0 Å². The molecule has 0 saturated heterocycles. The van der Waals surface area contributed by atoms with E-state index in [1.165, 1.54) is 6.20 Å². The lowest BCUT2D eigenvalue weighted by molar-refractivity contribution is -0.141. The van der Waals surface area contributed by atoms with Crippen molar-refractivity contribution >= 4 is 11.9 Å². The number of nitrogens with one attached hydrogen (secondary N) is 1. The third kappa shape index (κ3) is 3.33. The molecule has 0 spiro atoms. The average molecular weight is 267 g/mol. The first-order valence-corrected chi connectivity index (χ1v) is 6.33. The number of aromatic nitrogens is 2. The Hall–Kier alpha value is -1.85. The minimum Gasteiger partial charge on any atom is -0.481 e. The highest BCUT2D eigenvalue weighted by Crippen LogP contribution is 2.13. The normalized spacial score (nSPS) is 14.2. The minimum atomic E-state index is -0.928. The quantitative estimate of drug-likeness (QED) is 0.849. The summed E-state index contributed by atoms with van der Waals surface area (Å²) in [6.07, 6.45) is 1.52. The van der Waals surface area contributed by atoms with Gasteiger partial charge in [0.15, 0.2) is 0 Å². The number of rotatable bonds is 5. The molecule has 0 bridgehead atoms. The van der Waals surface area contributed by atoms with E-state index >= 15 is 0 Å². The van der Waals surface area contributed by atoms with Crippen LogP contribution in [0.25, 0.3) is 0 Å². The summed E-state index contributed by atoms with van der Waals surface area (Å²) in [5, 5.41) is 15.8. The fourth-order valence-corrected chi connectivity index (χ4v) is 1.79. The molecule has 0 radical (unpaired) electrons. The summed E-state index contributed by atoms with van der Waals surface area (Å²) < 4.78 is 1.76. The topological polar surface area (TPSA) is 84.2 Å². The largest absolute Gasteiger partial charge is 0.481 e. The summed E-state index contributed by atoms with van der Waals surface area (Å²) in [6.45, 7) is 9.04. The van der Waals surface area contributed by atoms with Gasteiger partial charge in [-0.05, 0) is 34.6 Å². The lowest BCUT2D eigenvalue weighted by atomic mass is 10.0. The van der Waals surface area contributed by atoms with E-state index in [1.54, 1.807) is 18.5 Å². The first kappa shape index (κ1) is 15.2. The smallest absolute Gasteiger partial charge is 0.308 e. The zero-order valence-corrected chi connectivity index (χ0v) is 12.0. The van der Waals surface area contributed by atoms with Crippen LogP contribution in [0.4, 0.5) is 0 Å². The van der Waals surface area contributed by atoms with E-state index in [1.807, 2.05) is 20.8 Å². The zero-order chi connectivity index (χ0) is 14.7. The molecule has 1 heterocycles. The average Bonchev–Trinajstić information content (AvgIpc) is 2.69. The molecular formula is C13H21N3O3. The lowest BCUT2D eigenvalue weighted by Gasteiger charge is -2.17. The maximum atomic E-state index is 12.1. The Labute approximate surface area is 112 Å². The summed E-state index contributed by atoms with van der Waals surface area (Å²) >= 11 is 0. The molecular weight excluding hydrogens is 246 g/mol. The molecule has 19 heavy (non-hydrogen) atoms. The van der Waals surface area contributed by atoms with E-state index in [0.29, 0.717) is 5.56 Å². The van der Waals surface area contributed by atoms with Gasteiger partial charge in [-0.3, -0.25) is 14.3 Å². The van der Waals surface area contributed by atoms with Crippen molar-refractivity contribution in [2.45, 2.75) is 46.7 Å². The predicted molar refractivity (Wildman–Crippen MR) is 71.1 cm³/mol. The summed E-state index contributed by atoms with van der Waals surface area (Å²) in [7, 11) is 0. The van der Waals surface area contributed by atoms with Crippen molar-refractivity contribution in [1.82, 2.24) is 15.1 Å². The number of carbonyl (C=O) groups excluding carboxylic acids is 1. The van der Waals surface area contributed by atoms with Gasteiger partial charge in [-0.2, -0.15) is 5.10 Å². The molecule has 0 aliphatic rings. The lowest BCUT2D eigenvalue weighted by Crippen LogP contribution is -2.40. The molecule has 2 N–H and O–H groups in total. The summed E-state index contributed by atoms with van der Waals surface area (Å²) in [5.74, 6) is -1.85. The predicted octanol–water partition coefficient (Wildman–Crippen LogP) is 1.61. The molecule has 0 aromatic carbocycles. The fraction of sp³-hybridized carbons (Fsp3) is 0.615. The van der Waals surface area contributed by atoms with Gasteiger partial charge in [0.2, 0.25) is 0 Å². The van der Waals surface area contributed by atoms with Crippen LogP contribution in [-0.2, 0) is 4.79 Å². The Morgan fingerprint density at radius 3 is 2.32 bits per heavy atom. The van der Waals surface area contributed by atoms with Crippen LogP contribution in [0.3, 0.4) is 0 Å². The molecule has 106 valence electrons. The van der Waals surface area contributed by atoms with E-state index in [2.05, 4.69) is 10.4 Å². The number of carboxylic acid groups (broad SMARTS) is 1. The SMILES string of the molecule is Cc1c(C(=O)NC(C)C(C)C(=O)O)cnn1C(C)C. The van der Waals surface area contributed by atoms with Crippen LogP contribution in [0.15, 0.2) is 6.20 Å². The maximum Gasteiger partial charge on any atom is 0.308 e. The monoisotopic (exact) mass is 267 g/mol. The second-order valence-electron chi connectivity index (χ2n) is 5.07. The summed E-state index contributed by atoms with van der Waals surface area (Å²) in [6, 6.07) is -0.260. The van der Waals surface area contributed by atoms with Crippen LogP contribution in [0.5, 0.6) is 0 Å². The zero-order valence-electron chi connectivity index (χ0n) is 12.0. The molecule has 2 atom stereocenters. The van der Waals surface area contributed by atoms with E-state index in [9.17, 15) is 9.59 Å². The van der Waals surface area contributed by atoms with Gasteiger partial charge in [-0.25, -0.2) is 0 Å². The van der Waals surface area contributed by atoms with E-state index in [-0.39, 0.29) is 11.9 Å². The van der Waals surface area contributed by atoms with E-state index in [0.717, 1.165) is 5.69 Å². The molecule has 2 unspecified atom stereocenters. The van der Waals surface area contributed by atoms with Gasteiger partial charge in [0.25, 0.3) is 5.91 Å². The number of carbonyl (C=O) groups is 2. The van der Waals surface area contributed by atoms with Crippen molar-refractivity contribution in [1.29, 1.82) is 0 Å². The highest BCUT2D eigenvalue weighted by molar-refractivity contribution is 5.95. The van der Waals surface area contributed by atoms with Crippen LogP contribution < -0.4 is 5.32 Å². The summed E-state index contributed by atoms with van der Waals surface area (Å²) in [5.41, 5.74) is 1.26. The van der Waals surface area contributed by atoms with Crippen molar-refractivity contribution in [3.8, 4) is 0 Å². The van der Waals surface area contributed by atoms with Gasteiger partial charge in [0.1, 0.15) is 0 Å². The van der Waals surface area contributed by atoms with Crippen LogP contribution in [0, 0.1) is 12.8 Å². The highest BCUT2D eigenvalue weighted by Gasteiger charge is 2.23. The van der Waals surface area contributed by atoms with Gasteiger partial charge in [0.05, 0.1) is 17.7 Å². The molecule has 0 aliphatic carbocycles. The molecule has 6 nitrogen and oxygen atoms in total. The number of carboxylic acids is 1. The highest BCUT2D eigenvalue weighted by atomic mass is 16.4. The van der Waals surface area contributed by atoms with Gasteiger partial charge in [0, 0.05) is 17.8 Å². The van der Waals surface area contributed by atoms with Crippen molar-refractivity contribution in [2.24, 2.45) is 5.92 Å². The molecule has 0 aliphatic heterocycles. The fourth-order valence-electron chi connectivity index (χ4n) is 1.79. The van der Waals surface area contributed by atoms with Crippen LogP contribution in [-0.4, -0.2) is 32.8 Å². The number of amides is 1. The second kappa shape index (κ2) is 5.86. The van der Waals surface area contributed by atoms with Gasteiger partial charge >= 0.3 is 5.97 Å². The first-order valence-electron chi connectivity index (χ1n) is 6.33. The van der Waals surface area contributed by atoms with Crippen LogP contribution >= 0.6 is 0 Å². The number of aliphatic carboxylic acids is 1. The van der Waals surface area contributed by atoms with Gasteiger partial charge in [-0.15, -0.1) is 0 Å². The molecule has 1 aromatic rings. The van der Waals surface area contributed by atoms with E-state index < -0.39 is 17.9 Å². The Bertz CT molecular complexity index is 479. The van der Waals surface area contributed by atoms with Crippen LogP contribution in [0.1, 0.15) is 49.8 Å². The number of nitrogens with zero attached hydrogens (tertiary/aromatic N) is 2. The maximum absolute atomic E-state index is 12.1. The van der Waals surface area contributed by atoms with Crippen molar-refractivity contribution in [2.75, 3.05) is 0 Å². The summed E-state index contributed by atoms with van der Waals surface area (Å²) in [4.78, 5) is 22.9. The first-order chi connectivity index (χ1) is 8.75. The van der Waals surface area contributed by atoms with Crippen LogP contribution in [0.2, 0.25) is 0 Å². The number of hydrogen-bond acceptors (Lipinski definition) is 3. The van der Waals surface area contributed by atoms with E-state index in [4.69, 9.17) is 5.11 Å². The molecule has 1 rings (SSSR count). The molecule has 1 amide bonds. The second-order valence-corrected chi connectivity index (χ2v) is 5.07. The molecule has 6 heteroatoms. The third-order valence-corrected chi connectivity index (χ3v) is 3.28. The number of hydrogen-bond donors (Lipinski definition) is 2. The molecule has 0 saturated carbocycles. The Morgan fingerprint density at radius 1 is 1.32 bits per heavy atom. The Balaban J connectivity index is 2.82. The Kier molecular flexibility index (Phi) is 4.69. The third-order valence-electron chi connectivity index (χ3n) is 3.28. The standard InChI is InChI=1S/C13H21N3O3/c1-7(2)16-10(5)11(6-14-16)12(17)15-9(4)8(3)13(18)19/h6-9H,1-5H3,(H,15,17)(H,18,19). The van der Waals surface area contributed by atoms with Crippen molar-refractivity contribution < 1.29 is 14.7 Å². The molecule has 0 fully saturated rings.